The van der Waals surface area contributed by atoms with Crippen LogP contribution in [-0.4, -0.2) is 18.0 Å². The van der Waals surface area contributed by atoms with Gasteiger partial charge in [-0.25, -0.2) is 4.98 Å². The Morgan fingerprint density at radius 3 is 2.65 bits per heavy atom. The van der Waals surface area contributed by atoms with E-state index in [2.05, 4.69) is 10.3 Å². The van der Waals surface area contributed by atoms with E-state index in [0.29, 0.717) is 33.3 Å². The van der Waals surface area contributed by atoms with E-state index in [1.807, 2.05) is 54.6 Å². The molecule has 0 radical (unpaired) electrons. The van der Waals surface area contributed by atoms with Crippen LogP contribution in [0.2, 0.25) is 5.02 Å². The highest BCUT2D eigenvalue weighted by Gasteiger charge is 2.14. The quantitative estimate of drug-likeness (QED) is 0.352. The summed E-state index contributed by atoms with van der Waals surface area (Å²) in [5.74, 6) is 0.993. The molecule has 0 saturated carbocycles. The zero-order valence-corrected chi connectivity index (χ0v) is 17.3. The lowest BCUT2D eigenvalue weighted by atomic mass is 10.0. The molecule has 0 spiro atoms. The fraction of sp³-hybridized carbons (Fsp3) is 0.0400. The molecule has 5 aromatic rings. The topological polar surface area (TPSA) is 64.4 Å². The number of fused-ring (bicyclic) bond motifs is 2. The Balaban J connectivity index is 1.46. The van der Waals surface area contributed by atoms with Crippen LogP contribution in [0.1, 0.15) is 10.4 Å². The van der Waals surface area contributed by atoms with Gasteiger partial charge in [-0.15, -0.1) is 0 Å². The molecular weight excluding hydrogens is 412 g/mol. The highest BCUT2D eigenvalue weighted by molar-refractivity contribution is 6.36. The predicted octanol–water partition coefficient (Wildman–Crippen LogP) is 6.56. The molecule has 0 aliphatic carbocycles. The number of ether oxygens (including phenoxy) is 1. The number of oxazole rings is 1. The summed E-state index contributed by atoms with van der Waals surface area (Å²) in [6.45, 7) is 0. The maximum atomic E-state index is 13.0. The van der Waals surface area contributed by atoms with Crippen molar-refractivity contribution in [2.24, 2.45) is 0 Å². The molecule has 152 valence electrons. The third kappa shape index (κ3) is 3.60. The molecule has 5 rings (SSSR count). The van der Waals surface area contributed by atoms with Crippen molar-refractivity contribution in [3.05, 3.63) is 89.4 Å². The molecule has 5 nitrogen and oxygen atoms in total. The van der Waals surface area contributed by atoms with Crippen molar-refractivity contribution in [3.63, 3.8) is 0 Å². The zero-order chi connectivity index (χ0) is 21.4. The van der Waals surface area contributed by atoms with Crippen LogP contribution < -0.4 is 10.1 Å². The molecule has 0 aliphatic rings. The molecule has 1 N–H and O–H groups in total. The van der Waals surface area contributed by atoms with E-state index in [9.17, 15) is 4.79 Å². The van der Waals surface area contributed by atoms with Gasteiger partial charge in [0.25, 0.3) is 5.91 Å². The Morgan fingerprint density at radius 1 is 0.968 bits per heavy atom. The largest absolute Gasteiger partial charge is 0.497 e. The van der Waals surface area contributed by atoms with E-state index in [0.717, 1.165) is 22.1 Å². The number of benzene rings is 4. The molecule has 0 unspecified atom stereocenters. The summed E-state index contributed by atoms with van der Waals surface area (Å²) >= 11 is 6.27. The number of aromatic nitrogens is 1. The minimum atomic E-state index is -0.219. The van der Waals surface area contributed by atoms with Crippen molar-refractivity contribution in [1.82, 2.24) is 4.98 Å². The first-order valence-corrected chi connectivity index (χ1v) is 10.0. The van der Waals surface area contributed by atoms with Crippen LogP contribution in [0.15, 0.2) is 83.3 Å². The van der Waals surface area contributed by atoms with Gasteiger partial charge in [-0.2, -0.15) is 0 Å². The lowest BCUT2D eigenvalue weighted by molar-refractivity contribution is 0.102. The molecule has 0 fully saturated rings. The number of hydrogen-bond acceptors (Lipinski definition) is 4. The summed E-state index contributed by atoms with van der Waals surface area (Å²) in [4.78, 5) is 17.5. The van der Waals surface area contributed by atoms with Crippen LogP contribution in [0.3, 0.4) is 0 Å². The number of hydrogen-bond donors (Lipinski definition) is 1. The van der Waals surface area contributed by atoms with Gasteiger partial charge in [0.15, 0.2) is 5.58 Å². The number of nitrogens with one attached hydrogen (secondary N) is 1. The Kier molecular flexibility index (Phi) is 4.81. The third-order valence-corrected chi connectivity index (χ3v) is 5.41. The summed E-state index contributed by atoms with van der Waals surface area (Å²) in [5, 5.41) is 5.20. The van der Waals surface area contributed by atoms with E-state index in [4.69, 9.17) is 20.8 Å². The highest BCUT2D eigenvalue weighted by atomic mass is 35.5. The lowest BCUT2D eigenvalue weighted by Gasteiger charge is -2.09. The highest BCUT2D eigenvalue weighted by Crippen LogP contribution is 2.29. The van der Waals surface area contributed by atoms with Crippen LogP contribution in [-0.2, 0) is 0 Å². The van der Waals surface area contributed by atoms with Crippen molar-refractivity contribution in [3.8, 4) is 17.2 Å². The fourth-order valence-electron chi connectivity index (χ4n) is 3.55. The van der Waals surface area contributed by atoms with Gasteiger partial charge >= 0.3 is 0 Å². The Bertz CT molecular complexity index is 1440. The van der Waals surface area contributed by atoms with Gasteiger partial charge in [-0.3, -0.25) is 4.79 Å². The average Bonchev–Trinajstić information content (AvgIpc) is 3.22. The van der Waals surface area contributed by atoms with Crippen molar-refractivity contribution < 1.29 is 13.9 Å². The van der Waals surface area contributed by atoms with Crippen molar-refractivity contribution >= 4 is 45.1 Å². The van der Waals surface area contributed by atoms with Crippen molar-refractivity contribution in [2.45, 2.75) is 0 Å². The van der Waals surface area contributed by atoms with Crippen LogP contribution in [0, 0.1) is 0 Å². The summed E-state index contributed by atoms with van der Waals surface area (Å²) < 4.78 is 11.1. The number of anilines is 1. The van der Waals surface area contributed by atoms with Crippen LogP contribution in [0.4, 0.5) is 5.69 Å². The van der Waals surface area contributed by atoms with E-state index in [1.54, 1.807) is 31.4 Å². The minimum Gasteiger partial charge on any atom is -0.497 e. The smallest absolute Gasteiger partial charge is 0.256 e. The molecule has 1 amide bonds. The second-order valence-electron chi connectivity index (χ2n) is 7.03. The monoisotopic (exact) mass is 428 g/mol. The summed E-state index contributed by atoms with van der Waals surface area (Å²) in [7, 11) is 1.62. The second-order valence-corrected chi connectivity index (χ2v) is 7.44. The van der Waals surface area contributed by atoms with Crippen molar-refractivity contribution in [1.29, 1.82) is 0 Å². The van der Waals surface area contributed by atoms with Crippen LogP contribution >= 0.6 is 11.6 Å². The van der Waals surface area contributed by atoms with E-state index in [-0.39, 0.29) is 5.91 Å². The van der Waals surface area contributed by atoms with E-state index >= 15 is 0 Å². The molecule has 0 atom stereocenters. The number of carbonyl (C=O) groups excluding carboxylic acids is 1. The Morgan fingerprint density at radius 2 is 1.77 bits per heavy atom. The standard InChI is InChI=1S/C25H17ClN2O3/c1-30-17-6-2-5-15(13-17)25-28-22-14-16(11-12-23(22)31-25)27-24(29)20-9-3-8-19-18(20)7-4-10-21(19)26/h2-14H,1H3,(H,27,29). The molecule has 4 aromatic carbocycles. The number of methoxy groups -OCH3 is 1. The normalized spacial score (nSPS) is 11.0. The first-order valence-electron chi connectivity index (χ1n) is 9.66. The predicted molar refractivity (Wildman–Crippen MR) is 123 cm³/mol. The van der Waals surface area contributed by atoms with Gasteiger partial charge in [-0.05, 0) is 53.9 Å². The summed E-state index contributed by atoms with van der Waals surface area (Å²) in [5.41, 5.74) is 3.28. The fourth-order valence-corrected chi connectivity index (χ4v) is 3.79. The molecule has 1 heterocycles. The first-order chi connectivity index (χ1) is 15.1. The average molecular weight is 429 g/mol. The maximum Gasteiger partial charge on any atom is 0.256 e. The van der Waals surface area contributed by atoms with E-state index < -0.39 is 0 Å². The molecule has 31 heavy (non-hydrogen) atoms. The molecule has 6 heteroatoms. The SMILES string of the molecule is COc1cccc(-c2nc3cc(NC(=O)c4cccc5c(Cl)cccc45)ccc3o2)c1. The minimum absolute atomic E-state index is 0.219. The number of amides is 1. The van der Waals surface area contributed by atoms with Gasteiger partial charge < -0.3 is 14.5 Å². The third-order valence-electron chi connectivity index (χ3n) is 5.08. The lowest BCUT2D eigenvalue weighted by Crippen LogP contribution is -2.12. The first kappa shape index (κ1) is 19.2. The van der Waals surface area contributed by atoms with Gasteiger partial charge in [0.2, 0.25) is 5.89 Å². The number of halogens is 1. The molecule has 0 aliphatic heterocycles. The van der Waals surface area contributed by atoms with Gasteiger partial charge in [0.05, 0.1) is 7.11 Å². The van der Waals surface area contributed by atoms with Crippen molar-refractivity contribution in [2.75, 3.05) is 12.4 Å². The van der Waals surface area contributed by atoms with Gasteiger partial charge in [0, 0.05) is 27.2 Å². The van der Waals surface area contributed by atoms with Gasteiger partial charge in [0.1, 0.15) is 11.3 Å². The van der Waals surface area contributed by atoms with Gasteiger partial charge in [-0.1, -0.05) is 41.9 Å². The maximum absolute atomic E-state index is 13.0. The van der Waals surface area contributed by atoms with E-state index in [1.165, 1.54) is 0 Å². The number of rotatable bonds is 4. The van der Waals surface area contributed by atoms with Crippen LogP contribution in [0.25, 0.3) is 33.3 Å². The summed E-state index contributed by atoms with van der Waals surface area (Å²) in [6.07, 6.45) is 0. The number of carbonyl (C=O) groups is 1. The van der Waals surface area contributed by atoms with Crippen LogP contribution in [0.5, 0.6) is 5.75 Å². The number of nitrogens with zero attached hydrogens (tertiary/aromatic N) is 1. The molecule has 0 bridgehead atoms. The Labute approximate surface area is 183 Å². The second kappa shape index (κ2) is 7.78. The zero-order valence-electron chi connectivity index (χ0n) is 16.6. The Hall–Kier alpha value is -3.83. The molecular formula is C25H17ClN2O3. The summed E-state index contributed by atoms with van der Waals surface area (Å²) in [6, 6.07) is 23.9. The molecule has 0 saturated heterocycles. The molecule has 1 aromatic heterocycles.